The molecule has 4 heteroatoms. The molecule has 3 nitrogen and oxygen atoms in total. The number of hydrogen-bond acceptors (Lipinski definition) is 2. The van der Waals surface area contributed by atoms with Crippen molar-refractivity contribution in [2.45, 2.75) is 32.6 Å². The largest absolute Gasteiger partial charge is 0.356 e. The predicted octanol–water partition coefficient (Wildman–Crippen LogP) is 3.12. The second-order valence-electron chi connectivity index (χ2n) is 5.98. The van der Waals surface area contributed by atoms with E-state index in [2.05, 4.69) is 22.3 Å². The molecular formula is C17H25ClN2O. The highest BCUT2D eigenvalue weighted by Gasteiger charge is 2.19. The van der Waals surface area contributed by atoms with Crippen molar-refractivity contribution >= 4 is 17.5 Å². The van der Waals surface area contributed by atoms with Gasteiger partial charge in [-0.3, -0.25) is 4.79 Å². The van der Waals surface area contributed by atoms with Crippen molar-refractivity contribution in [2.75, 3.05) is 26.2 Å². The Labute approximate surface area is 132 Å². The quantitative estimate of drug-likeness (QED) is 0.875. The van der Waals surface area contributed by atoms with Gasteiger partial charge in [-0.05, 0) is 62.4 Å². The first kappa shape index (κ1) is 16.3. The Morgan fingerprint density at radius 3 is 2.86 bits per heavy atom. The molecule has 0 aromatic heterocycles. The van der Waals surface area contributed by atoms with E-state index in [0.717, 1.165) is 31.1 Å². The highest BCUT2D eigenvalue weighted by atomic mass is 35.5. The minimum atomic E-state index is 0.0786. The molecule has 1 aliphatic rings. The van der Waals surface area contributed by atoms with Gasteiger partial charge < -0.3 is 10.2 Å². The summed E-state index contributed by atoms with van der Waals surface area (Å²) in [6, 6.07) is 8.14. The number of carbonyl (C=O) groups excluding carboxylic acids is 1. The van der Waals surface area contributed by atoms with Crippen LogP contribution in [0.4, 0.5) is 0 Å². The zero-order valence-corrected chi connectivity index (χ0v) is 13.5. The number of rotatable bonds is 6. The highest BCUT2D eigenvalue weighted by Crippen LogP contribution is 2.17. The number of nitrogens with zero attached hydrogens (tertiary/aromatic N) is 1. The molecule has 1 saturated heterocycles. The van der Waals surface area contributed by atoms with Crippen LogP contribution >= 0.6 is 11.6 Å². The fourth-order valence-electron chi connectivity index (χ4n) is 2.97. The Balaban J connectivity index is 1.68. The molecule has 1 aromatic rings. The van der Waals surface area contributed by atoms with Gasteiger partial charge in [-0.2, -0.15) is 0 Å². The minimum Gasteiger partial charge on any atom is -0.356 e. The first-order valence-electron chi connectivity index (χ1n) is 7.85. The molecule has 0 radical (unpaired) electrons. The Morgan fingerprint density at radius 2 is 2.14 bits per heavy atom. The maximum absolute atomic E-state index is 11.0. The molecule has 1 heterocycles. The molecule has 2 rings (SSSR count). The molecule has 116 valence electrons. The monoisotopic (exact) mass is 308 g/mol. The lowest BCUT2D eigenvalue weighted by atomic mass is 9.97. The van der Waals surface area contributed by atoms with Crippen molar-refractivity contribution < 1.29 is 4.79 Å². The van der Waals surface area contributed by atoms with Crippen molar-refractivity contribution in [3.63, 3.8) is 0 Å². The van der Waals surface area contributed by atoms with Gasteiger partial charge >= 0.3 is 0 Å². The van der Waals surface area contributed by atoms with Gasteiger partial charge in [0.1, 0.15) is 0 Å². The predicted molar refractivity (Wildman–Crippen MR) is 87.6 cm³/mol. The first-order valence-corrected chi connectivity index (χ1v) is 8.22. The molecule has 1 atom stereocenters. The van der Waals surface area contributed by atoms with Gasteiger partial charge in [-0.15, -0.1) is 0 Å². The van der Waals surface area contributed by atoms with Crippen LogP contribution < -0.4 is 5.32 Å². The summed E-state index contributed by atoms with van der Waals surface area (Å²) in [5.41, 5.74) is 1.35. The molecule has 21 heavy (non-hydrogen) atoms. The number of halogens is 1. The zero-order valence-electron chi connectivity index (χ0n) is 12.8. The second kappa shape index (κ2) is 8.40. The molecule has 0 aliphatic carbocycles. The molecule has 0 saturated carbocycles. The topological polar surface area (TPSA) is 32.3 Å². The number of nitrogens with one attached hydrogen (secondary N) is 1. The van der Waals surface area contributed by atoms with Gasteiger partial charge in [-0.1, -0.05) is 23.7 Å². The van der Waals surface area contributed by atoms with Gasteiger partial charge in [0.2, 0.25) is 5.91 Å². The lowest BCUT2D eigenvalue weighted by Gasteiger charge is -2.32. The average Bonchev–Trinajstić information content (AvgIpc) is 2.48. The molecule has 0 unspecified atom stereocenters. The Kier molecular flexibility index (Phi) is 6.52. The maximum Gasteiger partial charge on any atom is 0.216 e. The van der Waals surface area contributed by atoms with Crippen LogP contribution in [0.15, 0.2) is 24.3 Å². The highest BCUT2D eigenvalue weighted by molar-refractivity contribution is 6.30. The van der Waals surface area contributed by atoms with Gasteiger partial charge in [0.25, 0.3) is 0 Å². The van der Waals surface area contributed by atoms with Crippen LogP contribution in [0.1, 0.15) is 31.7 Å². The summed E-state index contributed by atoms with van der Waals surface area (Å²) in [5, 5.41) is 3.75. The summed E-state index contributed by atoms with van der Waals surface area (Å²) in [6.07, 6.45) is 4.75. The van der Waals surface area contributed by atoms with Crippen molar-refractivity contribution in [3.8, 4) is 0 Å². The van der Waals surface area contributed by atoms with Crippen LogP contribution in [0.3, 0.4) is 0 Å². The second-order valence-corrected chi connectivity index (χ2v) is 6.41. The molecule has 1 aromatic carbocycles. The summed E-state index contributed by atoms with van der Waals surface area (Å²) < 4.78 is 0. The number of hydrogen-bond donors (Lipinski definition) is 1. The van der Waals surface area contributed by atoms with E-state index in [1.807, 2.05) is 12.1 Å². The van der Waals surface area contributed by atoms with Crippen molar-refractivity contribution in [2.24, 2.45) is 5.92 Å². The normalized spacial score (nSPS) is 19.4. The Hall–Kier alpha value is -1.06. The zero-order chi connectivity index (χ0) is 15.1. The van der Waals surface area contributed by atoms with E-state index in [-0.39, 0.29) is 5.91 Å². The molecule has 0 spiro atoms. The standard InChI is InChI=1S/C17H25ClN2O/c1-14(21)19-12-16-5-3-11-20(13-16)10-2-4-15-6-8-17(18)9-7-15/h6-9,16H,2-5,10-13H2,1H3,(H,19,21)/t16-/m0/s1. The minimum absolute atomic E-state index is 0.0786. The molecule has 1 N–H and O–H groups in total. The van der Waals surface area contributed by atoms with E-state index in [4.69, 9.17) is 11.6 Å². The Morgan fingerprint density at radius 1 is 1.38 bits per heavy atom. The van der Waals surface area contributed by atoms with E-state index in [0.29, 0.717) is 5.92 Å². The summed E-state index contributed by atoms with van der Waals surface area (Å²) in [5.74, 6) is 0.688. The first-order chi connectivity index (χ1) is 10.1. The van der Waals surface area contributed by atoms with Crippen LogP contribution in [0.2, 0.25) is 5.02 Å². The molecular weight excluding hydrogens is 284 g/mol. The third kappa shape index (κ3) is 6.06. The van der Waals surface area contributed by atoms with E-state index in [9.17, 15) is 4.79 Å². The van der Waals surface area contributed by atoms with Crippen molar-refractivity contribution in [3.05, 3.63) is 34.9 Å². The van der Waals surface area contributed by atoms with Crippen LogP contribution in [-0.2, 0) is 11.2 Å². The SMILES string of the molecule is CC(=O)NC[C@@H]1CCCN(CCCc2ccc(Cl)cc2)C1. The van der Waals surface area contributed by atoms with Gasteiger partial charge in [0.05, 0.1) is 0 Å². The summed E-state index contributed by atoms with van der Waals surface area (Å²) >= 11 is 5.90. The number of aryl methyl sites for hydroxylation is 1. The summed E-state index contributed by atoms with van der Waals surface area (Å²) in [7, 11) is 0. The lowest BCUT2D eigenvalue weighted by Crippen LogP contribution is -2.40. The van der Waals surface area contributed by atoms with E-state index < -0.39 is 0 Å². The summed E-state index contributed by atoms with van der Waals surface area (Å²) in [6.45, 7) is 5.85. The summed E-state index contributed by atoms with van der Waals surface area (Å²) in [4.78, 5) is 13.5. The van der Waals surface area contributed by atoms with Gasteiger partial charge in [-0.25, -0.2) is 0 Å². The van der Waals surface area contributed by atoms with E-state index in [1.165, 1.54) is 31.4 Å². The van der Waals surface area contributed by atoms with E-state index in [1.54, 1.807) is 6.92 Å². The number of likely N-dealkylation sites (tertiary alicyclic amines) is 1. The maximum atomic E-state index is 11.0. The fraction of sp³-hybridized carbons (Fsp3) is 0.588. The lowest BCUT2D eigenvalue weighted by molar-refractivity contribution is -0.119. The third-order valence-electron chi connectivity index (χ3n) is 4.10. The molecule has 0 bridgehead atoms. The number of carbonyl (C=O) groups is 1. The third-order valence-corrected chi connectivity index (χ3v) is 4.35. The Bertz CT molecular complexity index is 447. The fourth-order valence-corrected chi connectivity index (χ4v) is 3.09. The van der Waals surface area contributed by atoms with E-state index >= 15 is 0 Å². The van der Waals surface area contributed by atoms with Gasteiger partial charge in [0.15, 0.2) is 0 Å². The number of piperidine rings is 1. The van der Waals surface area contributed by atoms with Crippen LogP contribution in [0.25, 0.3) is 0 Å². The number of amides is 1. The van der Waals surface area contributed by atoms with Crippen LogP contribution in [0.5, 0.6) is 0 Å². The molecule has 1 fully saturated rings. The van der Waals surface area contributed by atoms with Crippen molar-refractivity contribution in [1.82, 2.24) is 10.2 Å². The van der Waals surface area contributed by atoms with Crippen LogP contribution in [-0.4, -0.2) is 37.0 Å². The number of benzene rings is 1. The smallest absolute Gasteiger partial charge is 0.216 e. The van der Waals surface area contributed by atoms with Gasteiger partial charge in [0, 0.05) is 25.0 Å². The molecule has 1 aliphatic heterocycles. The van der Waals surface area contributed by atoms with Crippen LogP contribution in [0, 0.1) is 5.92 Å². The average molecular weight is 309 g/mol. The molecule has 1 amide bonds. The van der Waals surface area contributed by atoms with Crippen molar-refractivity contribution in [1.29, 1.82) is 0 Å².